The van der Waals surface area contributed by atoms with Gasteiger partial charge in [-0.3, -0.25) is 4.99 Å². The maximum Gasteiger partial charge on any atom is 0.409 e. The van der Waals surface area contributed by atoms with Gasteiger partial charge in [0.2, 0.25) is 0 Å². The molecule has 1 aromatic rings. The second-order valence-corrected chi connectivity index (χ2v) is 6.39. The number of ether oxygens (including phenoxy) is 1. The Morgan fingerprint density at radius 3 is 2.77 bits per heavy atom. The quantitative estimate of drug-likeness (QED) is 0.374. The van der Waals surface area contributed by atoms with Crippen LogP contribution in [0.5, 0.6) is 0 Å². The lowest BCUT2D eigenvalue weighted by molar-refractivity contribution is 0.111. The number of hydrogen-bond acceptors (Lipinski definition) is 4. The van der Waals surface area contributed by atoms with Gasteiger partial charge in [-0.2, -0.15) is 0 Å². The van der Waals surface area contributed by atoms with Crippen LogP contribution in [-0.4, -0.2) is 55.8 Å². The number of hydrogen-bond donors (Lipinski definition) is 2. The molecule has 0 bridgehead atoms. The first kappa shape index (κ1) is 22.6. The fourth-order valence-corrected chi connectivity index (χ4v) is 2.73. The molecule has 0 aromatic carbocycles. The lowest BCUT2D eigenvalue weighted by Gasteiger charge is -2.32. The SMILES string of the molecule is CCC(C)NC(=NCCc1ccco1)NC1CCN(C(=O)OC)CC1.I. The van der Waals surface area contributed by atoms with Crippen LogP contribution in [0, 0.1) is 0 Å². The third-order valence-corrected chi connectivity index (χ3v) is 4.47. The number of guanidine groups is 1. The van der Waals surface area contributed by atoms with Crippen LogP contribution >= 0.6 is 24.0 Å². The van der Waals surface area contributed by atoms with E-state index in [-0.39, 0.29) is 30.1 Å². The van der Waals surface area contributed by atoms with Crippen LogP contribution in [0.25, 0.3) is 0 Å². The molecule has 1 unspecified atom stereocenters. The normalized spacial score (nSPS) is 16.6. The fraction of sp³-hybridized carbons (Fsp3) is 0.667. The van der Waals surface area contributed by atoms with Gasteiger partial charge in [-0.25, -0.2) is 4.79 Å². The van der Waals surface area contributed by atoms with Crippen molar-refractivity contribution in [1.82, 2.24) is 15.5 Å². The van der Waals surface area contributed by atoms with Crippen molar-refractivity contribution < 1.29 is 13.9 Å². The van der Waals surface area contributed by atoms with Crippen molar-refractivity contribution in [3.8, 4) is 0 Å². The number of nitrogens with zero attached hydrogens (tertiary/aromatic N) is 2. The molecule has 2 N–H and O–H groups in total. The highest BCUT2D eigenvalue weighted by Crippen LogP contribution is 2.11. The zero-order chi connectivity index (χ0) is 18.1. The van der Waals surface area contributed by atoms with E-state index in [9.17, 15) is 4.79 Å². The third-order valence-electron chi connectivity index (χ3n) is 4.47. The van der Waals surface area contributed by atoms with E-state index in [0.717, 1.165) is 37.4 Å². The van der Waals surface area contributed by atoms with Gasteiger partial charge in [0.05, 0.1) is 13.4 Å². The minimum Gasteiger partial charge on any atom is -0.469 e. The van der Waals surface area contributed by atoms with Crippen molar-refractivity contribution in [2.45, 2.75) is 51.6 Å². The van der Waals surface area contributed by atoms with E-state index in [1.54, 1.807) is 11.2 Å². The monoisotopic (exact) mass is 478 g/mol. The second kappa shape index (κ2) is 12.0. The molecule has 7 nitrogen and oxygen atoms in total. The number of amides is 1. The zero-order valence-corrected chi connectivity index (χ0v) is 18.2. The molecular formula is C18H31IN4O3. The maximum absolute atomic E-state index is 11.6. The zero-order valence-electron chi connectivity index (χ0n) is 15.9. The first-order valence-electron chi connectivity index (χ1n) is 9.05. The summed E-state index contributed by atoms with van der Waals surface area (Å²) in [6.07, 6.45) is 5.01. The number of piperidine rings is 1. The van der Waals surface area contributed by atoms with Crippen molar-refractivity contribution in [3.63, 3.8) is 0 Å². The number of furan rings is 1. The molecule has 1 amide bonds. The predicted octanol–water partition coefficient (Wildman–Crippen LogP) is 3.00. The highest BCUT2D eigenvalue weighted by Gasteiger charge is 2.23. The molecule has 2 rings (SSSR count). The van der Waals surface area contributed by atoms with Crippen LogP contribution < -0.4 is 10.6 Å². The van der Waals surface area contributed by atoms with Gasteiger partial charge in [0.15, 0.2) is 5.96 Å². The minimum absolute atomic E-state index is 0. The molecule has 26 heavy (non-hydrogen) atoms. The van der Waals surface area contributed by atoms with Crippen LogP contribution in [0.3, 0.4) is 0 Å². The Labute approximate surface area is 173 Å². The molecule has 148 valence electrons. The van der Waals surface area contributed by atoms with Crippen LogP contribution in [-0.2, 0) is 11.2 Å². The van der Waals surface area contributed by atoms with Gasteiger partial charge >= 0.3 is 6.09 Å². The van der Waals surface area contributed by atoms with E-state index in [2.05, 4.69) is 29.5 Å². The number of carbonyl (C=O) groups is 1. The number of likely N-dealkylation sites (tertiary alicyclic amines) is 1. The van der Waals surface area contributed by atoms with Crippen LogP contribution in [0.2, 0.25) is 0 Å². The van der Waals surface area contributed by atoms with E-state index in [1.807, 2.05) is 12.1 Å². The second-order valence-electron chi connectivity index (χ2n) is 6.39. The number of carbonyl (C=O) groups excluding carboxylic acids is 1. The van der Waals surface area contributed by atoms with Crippen molar-refractivity contribution in [1.29, 1.82) is 0 Å². The molecule has 1 aliphatic heterocycles. The molecule has 0 aliphatic carbocycles. The van der Waals surface area contributed by atoms with E-state index in [4.69, 9.17) is 9.15 Å². The molecule has 1 fully saturated rings. The number of halogens is 1. The molecule has 0 radical (unpaired) electrons. The summed E-state index contributed by atoms with van der Waals surface area (Å²) in [5, 5.41) is 6.95. The standard InChI is InChI=1S/C18H30N4O3.HI/c1-4-14(2)20-17(19-10-7-16-6-5-13-25-16)21-15-8-11-22(12-9-15)18(23)24-3;/h5-6,13-15H,4,7-12H2,1-3H3,(H2,19,20,21);1H. The third kappa shape index (κ3) is 7.43. The molecule has 2 heterocycles. The molecule has 1 saturated heterocycles. The first-order valence-corrected chi connectivity index (χ1v) is 9.05. The van der Waals surface area contributed by atoms with E-state index < -0.39 is 0 Å². The Morgan fingerprint density at radius 2 is 2.19 bits per heavy atom. The van der Waals surface area contributed by atoms with E-state index in [0.29, 0.717) is 31.7 Å². The average molecular weight is 478 g/mol. The van der Waals surface area contributed by atoms with E-state index >= 15 is 0 Å². The number of methoxy groups -OCH3 is 1. The van der Waals surface area contributed by atoms with E-state index in [1.165, 1.54) is 7.11 Å². The Kier molecular flexibility index (Phi) is 10.5. The van der Waals surface area contributed by atoms with Gasteiger partial charge in [0.1, 0.15) is 5.76 Å². The molecule has 1 aliphatic rings. The van der Waals surface area contributed by atoms with Gasteiger partial charge in [-0.15, -0.1) is 24.0 Å². The summed E-state index contributed by atoms with van der Waals surface area (Å²) >= 11 is 0. The Hall–Kier alpha value is -1.45. The Bertz CT molecular complexity index is 543. The number of nitrogens with one attached hydrogen (secondary N) is 2. The lowest BCUT2D eigenvalue weighted by Crippen LogP contribution is -2.51. The van der Waals surface area contributed by atoms with Crippen LogP contribution in [0.4, 0.5) is 4.79 Å². The maximum atomic E-state index is 11.6. The summed E-state index contributed by atoms with van der Waals surface area (Å²) in [7, 11) is 1.42. The van der Waals surface area contributed by atoms with Gasteiger partial charge in [-0.05, 0) is 38.3 Å². The highest BCUT2D eigenvalue weighted by atomic mass is 127. The first-order chi connectivity index (χ1) is 12.1. The summed E-state index contributed by atoms with van der Waals surface area (Å²) < 4.78 is 10.1. The molecule has 0 spiro atoms. The molecular weight excluding hydrogens is 447 g/mol. The summed E-state index contributed by atoms with van der Waals surface area (Å²) in [5.74, 6) is 1.77. The summed E-state index contributed by atoms with van der Waals surface area (Å²) in [5.41, 5.74) is 0. The molecule has 1 atom stereocenters. The van der Waals surface area contributed by atoms with Crippen LogP contribution in [0.15, 0.2) is 27.8 Å². The predicted molar refractivity (Wildman–Crippen MR) is 113 cm³/mol. The Morgan fingerprint density at radius 1 is 1.46 bits per heavy atom. The highest BCUT2D eigenvalue weighted by molar-refractivity contribution is 14.0. The Balaban J connectivity index is 0.00000338. The molecule has 0 saturated carbocycles. The van der Waals surface area contributed by atoms with Gasteiger partial charge in [-0.1, -0.05) is 6.92 Å². The average Bonchev–Trinajstić information content (AvgIpc) is 3.15. The van der Waals surface area contributed by atoms with Gasteiger partial charge < -0.3 is 24.7 Å². The summed E-state index contributed by atoms with van der Waals surface area (Å²) in [6, 6.07) is 4.52. The number of aliphatic imine (C=N–C) groups is 1. The summed E-state index contributed by atoms with van der Waals surface area (Å²) in [6.45, 7) is 6.36. The fourth-order valence-electron chi connectivity index (χ4n) is 2.73. The van der Waals surface area contributed by atoms with Crippen molar-refractivity contribution >= 4 is 36.0 Å². The van der Waals surface area contributed by atoms with Crippen LogP contribution in [0.1, 0.15) is 38.9 Å². The van der Waals surface area contributed by atoms with Crippen molar-refractivity contribution in [3.05, 3.63) is 24.2 Å². The smallest absolute Gasteiger partial charge is 0.409 e. The molecule has 8 heteroatoms. The number of rotatable bonds is 6. The lowest BCUT2D eigenvalue weighted by atomic mass is 10.1. The molecule has 1 aromatic heterocycles. The van der Waals surface area contributed by atoms with Gasteiger partial charge in [0.25, 0.3) is 0 Å². The summed E-state index contributed by atoms with van der Waals surface area (Å²) in [4.78, 5) is 18.0. The topological polar surface area (TPSA) is 79.1 Å². The van der Waals surface area contributed by atoms with Gasteiger partial charge in [0, 0.05) is 38.1 Å². The minimum atomic E-state index is -0.247. The van der Waals surface area contributed by atoms with Crippen molar-refractivity contribution in [2.75, 3.05) is 26.7 Å². The largest absolute Gasteiger partial charge is 0.469 e. The van der Waals surface area contributed by atoms with Crippen molar-refractivity contribution in [2.24, 2.45) is 4.99 Å².